The second-order valence-corrected chi connectivity index (χ2v) is 4.87. The average Bonchev–Trinajstić information content (AvgIpc) is 2.46. The third-order valence-corrected chi connectivity index (χ3v) is 3.15. The van der Waals surface area contributed by atoms with E-state index in [0.717, 1.165) is 13.1 Å². The van der Waals surface area contributed by atoms with E-state index in [1.165, 1.54) is 11.1 Å². The summed E-state index contributed by atoms with van der Waals surface area (Å²) in [5, 5.41) is 7.95. The zero-order valence-corrected chi connectivity index (χ0v) is 10.3. The van der Waals surface area contributed by atoms with Gasteiger partial charge in [0.15, 0.2) is 0 Å². The number of hydrogen-bond donors (Lipinski definition) is 1. The van der Waals surface area contributed by atoms with Crippen molar-refractivity contribution in [2.75, 3.05) is 20.6 Å². The number of hydrogen-bond acceptors (Lipinski definition) is 3. The van der Waals surface area contributed by atoms with Gasteiger partial charge in [0.1, 0.15) is 0 Å². The Kier molecular flexibility index (Phi) is 4.58. The molecule has 0 saturated carbocycles. The van der Waals surface area contributed by atoms with Gasteiger partial charge in [0.2, 0.25) is 0 Å². The topological polar surface area (TPSA) is 15.3 Å². The van der Waals surface area contributed by atoms with Crippen LogP contribution in [0.15, 0.2) is 10.8 Å². The first-order valence-corrected chi connectivity index (χ1v) is 5.93. The molecular formula is C11H20N2S. The molecule has 0 radical (unpaired) electrons. The van der Waals surface area contributed by atoms with E-state index >= 15 is 0 Å². The molecule has 1 N–H and O–H groups in total. The average molecular weight is 212 g/mol. The maximum absolute atomic E-state index is 3.52. The molecule has 0 bridgehead atoms. The fraction of sp³-hybridized carbons (Fsp3) is 0.636. The minimum absolute atomic E-state index is 0.546. The van der Waals surface area contributed by atoms with Crippen LogP contribution >= 0.6 is 11.3 Å². The lowest BCUT2D eigenvalue weighted by Crippen LogP contribution is -2.35. The van der Waals surface area contributed by atoms with Crippen LogP contribution < -0.4 is 5.32 Å². The molecule has 1 aromatic heterocycles. The van der Waals surface area contributed by atoms with Crippen molar-refractivity contribution in [1.29, 1.82) is 0 Å². The van der Waals surface area contributed by atoms with Crippen molar-refractivity contribution in [3.8, 4) is 0 Å². The predicted molar refractivity (Wildman–Crippen MR) is 63.9 cm³/mol. The minimum atomic E-state index is 0.546. The molecule has 0 saturated heterocycles. The highest BCUT2D eigenvalue weighted by atomic mass is 32.1. The van der Waals surface area contributed by atoms with Crippen LogP contribution in [0.4, 0.5) is 0 Å². The van der Waals surface area contributed by atoms with E-state index in [-0.39, 0.29) is 0 Å². The van der Waals surface area contributed by atoms with Gasteiger partial charge in [-0.15, -0.1) is 0 Å². The molecule has 14 heavy (non-hydrogen) atoms. The van der Waals surface area contributed by atoms with Crippen LogP contribution in [0.5, 0.6) is 0 Å². The summed E-state index contributed by atoms with van der Waals surface area (Å²) in [6, 6.07) is 0.546. The van der Waals surface area contributed by atoms with Crippen LogP contribution in [-0.4, -0.2) is 31.6 Å². The van der Waals surface area contributed by atoms with Gasteiger partial charge in [0.05, 0.1) is 0 Å². The molecule has 3 heteroatoms. The van der Waals surface area contributed by atoms with E-state index in [1.54, 1.807) is 11.3 Å². The lowest BCUT2D eigenvalue weighted by Gasteiger charge is -2.18. The SMILES string of the molecule is Cc1cscc1CNC(C)CN(C)C. The molecule has 1 rings (SSSR count). The smallest absolute Gasteiger partial charge is 0.0219 e. The monoisotopic (exact) mass is 212 g/mol. The number of nitrogens with zero attached hydrogens (tertiary/aromatic N) is 1. The summed E-state index contributed by atoms with van der Waals surface area (Å²) in [7, 11) is 4.21. The minimum Gasteiger partial charge on any atom is -0.309 e. The number of likely N-dealkylation sites (N-methyl/N-ethyl adjacent to an activating group) is 1. The maximum Gasteiger partial charge on any atom is 0.0219 e. The number of thiophene rings is 1. The summed E-state index contributed by atoms with van der Waals surface area (Å²) in [4.78, 5) is 2.21. The fourth-order valence-electron chi connectivity index (χ4n) is 1.46. The Morgan fingerprint density at radius 3 is 2.64 bits per heavy atom. The summed E-state index contributed by atoms with van der Waals surface area (Å²) in [6.07, 6.45) is 0. The summed E-state index contributed by atoms with van der Waals surface area (Å²) < 4.78 is 0. The van der Waals surface area contributed by atoms with Crippen LogP contribution in [0, 0.1) is 6.92 Å². The van der Waals surface area contributed by atoms with Crippen molar-refractivity contribution in [1.82, 2.24) is 10.2 Å². The molecule has 0 spiro atoms. The second-order valence-electron chi connectivity index (χ2n) is 4.12. The van der Waals surface area contributed by atoms with E-state index in [2.05, 4.69) is 48.9 Å². The molecule has 0 fully saturated rings. The molecule has 1 atom stereocenters. The molecule has 1 heterocycles. The van der Waals surface area contributed by atoms with Gasteiger partial charge in [-0.05, 0) is 49.8 Å². The van der Waals surface area contributed by atoms with Crippen molar-refractivity contribution in [2.45, 2.75) is 26.4 Å². The maximum atomic E-state index is 3.52. The van der Waals surface area contributed by atoms with Crippen LogP contribution in [-0.2, 0) is 6.54 Å². The Morgan fingerprint density at radius 1 is 1.43 bits per heavy atom. The zero-order chi connectivity index (χ0) is 10.6. The molecule has 2 nitrogen and oxygen atoms in total. The van der Waals surface area contributed by atoms with Gasteiger partial charge < -0.3 is 10.2 Å². The van der Waals surface area contributed by atoms with Crippen LogP contribution in [0.1, 0.15) is 18.1 Å². The number of aryl methyl sites for hydroxylation is 1. The highest BCUT2D eigenvalue weighted by molar-refractivity contribution is 7.08. The molecule has 0 amide bonds. The van der Waals surface area contributed by atoms with Crippen molar-refractivity contribution in [3.05, 3.63) is 21.9 Å². The molecule has 0 aliphatic heterocycles. The van der Waals surface area contributed by atoms with E-state index < -0.39 is 0 Å². The Hall–Kier alpha value is -0.380. The first-order chi connectivity index (χ1) is 6.59. The third kappa shape index (κ3) is 3.78. The van der Waals surface area contributed by atoms with Crippen molar-refractivity contribution in [2.24, 2.45) is 0 Å². The second kappa shape index (κ2) is 5.49. The van der Waals surface area contributed by atoms with Gasteiger partial charge in [-0.25, -0.2) is 0 Å². The first-order valence-electron chi connectivity index (χ1n) is 4.99. The Bertz CT molecular complexity index is 268. The summed E-state index contributed by atoms with van der Waals surface area (Å²) in [5.41, 5.74) is 2.83. The number of nitrogens with one attached hydrogen (secondary N) is 1. The Morgan fingerprint density at radius 2 is 2.14 bits per heavy atom. The first kappa shape index (κ1) is 11.7. The van der Waals surface area contributed by atoms with Gasteiger partial charge in [-0.1, -0.05) is 0 Å². The Labute approximate surface area is 90.9 Å². The van der Waals surface area contributed by atoms with E-state index in [4.69, 9.17) is 0 Å². The Balaban J connectivity index is 2.30. The molecule has 1 unspecified atom stereocenters. The van der Waals surface area contributed by atoms with Gasteiger partial charge >= 0.3 is 0 Å². The molecule has 0 aromatic carbocycles. The van der Waals surface area contributed by atoms with Crippen molar-refractivity contribution in [3.63, 3.8) is 0 Å². The van der Waals surface area contributed by atoms with Gasteiger partial charge in [-0.2, -0.15) is 11.3 Å². The van der Waals surface area contributed by atoms with Crippen LogP contribution in [0.3, 0.4) is 0 Å². The van der Waals surface area contributed by atoms with Crippen LogP contribution in [0.2, 0.25) is 0 Å². The molecule has 0 aliphatic rings. The van der Waals surface area contributed by atoms with Crippen LogP contribution in [0.25, 0.3) is 0 Å². The molecule has 1 aromatic rings. The lowest BCUT2D eigenvalue weighted by atomic mass is 10.2. The van der Waals surface area contributed by atoms with Gasteiger partial charge in [0, 0.05) is 19.1 Å². The molecule has 0 aliphatic carbocycles. The van der Waals surface area contributed by atoms with E-state index in [9.17, 15) is 0 Å². The fourth-order valence-corrected chi connectivity index (χ4v) is 2.32. The standard InChI is InChI=1S/C11H20N2S/c1-9-7-14-8-11(9)5-12-10(2)6-13(3)4/h7-8,10,12H,5-6H2,1-4H3. The summed E-state index contributed by atoms with van der Waals surface area (Å²) in [5.74, 6) is 0. The van der Waals surface area contributed by atoms with E-state index in [1.807, 2.05) is 0 Å². The highest BCUT2D eigenvalue weighted by Crippen LogP contribution is 2.13. The summed E-state index contributed by atoms with van der Waals surface area (Å²) in [6.45, 7) is 6.47. The highest BCUT2D eigenvalue weighted by Gasteiger charge is 2.04. The van der Waals surface area contributed by atoms with Crippen molar-refractivity contribution >= 4 is 11.3 Å². The number of rotatable bonds is 5. The normalized spacial score (nSPS) is 13.5. The third-order valence-electron chi connectivity index (χ3n) is 2.24. The molecular weight excluding hydrogens is 192 g/mol. The van der Waals surface area contributed by atoms with Gasteiger partial charge in [-0.3, -0.25) is 0 Å². The predicted octanol–water partition coefficient (Wildman–Crippen LogP) is 2.10. The quantitative estimate of drug-likeness (QED) is 0.804. The zero-order valence-electron chi connectivity index (χ0n) is 9.50. The largest absolute Gasteiger partial charge is 0.309 e. The van der Waals surface area contributed by atoms with Crippen molar-refractivity contribution < 1.29 is 0 Å². The molecule has 80 valence electrons. The lowest BCUT2D eigenvalue weighted by molar-refractivity contribution is 0.349. The van der Waals surface area contributed by atoms with E-state index in [0.29, 0.717) is 6.04 Å². The summed E-state index contributed by atoms with van der Waals surface area (Å²) >= 11 is 1.78. The van der Waals surface area contributed by atoms with Gasteiger partial charge in [0.25, 0.3) is 0 Å².